The summed E-state index contributed by atoms with van der Waals surface area (Å²) in [6.07, 6.45) is 8.69. The number of fused-ring (bicyclic) bond motifs is 4. The Labute approximate surface area is 211 Å². The van der Waals surface area contributed by atoms with Gasteiger partial charge >= 0.3 is 0 Å². The molecule has 2 aliphatic carbocycles. The fourth-order valence-corrected chi connectivity index (χ4v) is 6.50. The van der Waals surface area contributed by atoms with E-state index in [0.717, 1.165) is 6.42 Å². The Balaban J connectivity index is 1.32. The quantitative estimate of drug-likeness (QED) is 0.244. The summed E-state index contributed by atoms with van der Waals surface area (Å²) in [5.74, 6) is 0. The van der Waals surface area contributed by atoms with E-state index in [9.17, 15) is 0 Å². The summed E-state index contributed by atoms with van der Waals surface area (Å²) in [4.78, 5) is 0. The van der Waals surface area contributed by atoms with Gasteiger partial charge in [0.1, 0.15) is 0 Å². The van der Waals surface area contributed by atoms with Crippen molar-refractivity contribution in [3.05, 3.63) is 129 Å². The highest BCUT2D eigenvalue weighted by Crippen LogP contribution is 2.55. The van der Waals surface area contributed by atoms with Gasteiger partial charge in [0.15, 0.2) is 0 Å². The molecule has 0 radical (unpaired) electrons. The first-order chi connectivity index (χ1) is 17.0. The van der Waals surface area contributed by atoms with Crippen LogP contribution in [0, 0.1) is 20.8 Å². The molecular weight excluding hydrogens is 420 g/mol. The number of aryl methyl sites for hydroxylation is 6. The summed E-state index contributed by atoms with van der Waals surface area (Å²) in [6.45, 7) is 6.67. The van der Waals surface area contributed by atoms with Crippen molar-refractivity contribution in [3.63, 3.8) is 0 Å². The summed E-state index contributed by atoms with van der Waals surface area (Å²) in [5.41, 5.74) is 16.0. The third-order valence-electron chi connectivity index (χ3n) is 8.56. The summed E-state index contributed by atoms with van der Waals surface area (Å²) in [7, 11) is 0. The number of benzene rings is 4. The molecule has 0 saturated heterocycles. The van der Waals surface area contributed by atoms with Gasteiger partial charge in [-0.25, -0.2) is 0 Å². The molecule has 6 rings (SSSR count). The SMILES string of the molecule is Cc1ccc(C2(CCCCCc3ccc4c(c3)CC4)c3cc(C)ccc3-c3ccc(C)cc32)cc1. The first-order valence-electron chi connectivity index (χ1n) is 13.4. The molecule has 0 N–H and O–H groups in total. The molecular formula is C35H36. The summed E-state index contributed by atoms with van der Waals surface area (Å²) >= 11 is 0. The minimum absolute atomic E-state index is 0.0634. The van der Waals surface area contributed by atoms with Crippen LogP contribution in [0.15, 0.2) is 78.9 Å². The van der Waals surface area contributed by atoms with Crippen LogP contribution < -0.4 is 0 Å². The van der Waals surface area contributed by atoms with Gasteiger partial charge in [-0.2, -0.15) is 0 Å². The molecule has 2 aliphatic rings. The van der Waals surface area contributed by atoms with E-state index < -0.39 is 0 Å². The van der Waals surface area contributed by atoms with Gasteiger partial charge in [0.2, 0.25) is 0 Å². The standard InChI is InChI=1S/C35H36/c1-24-8-16-30(17-9-24)35(20-6-4-5-7-27-12-13-28-14-15-29(28)23-27)33-21-25(2)10-18-31(33)32-19-11-26(3)22-34(32)35/h8-13,16-19,21-23H,4-7,14-15,20H2,1-3H3. The van der Waals surface area contributed by atoms with Gasteiger partial charge in [0.05, 0.1) is 0 Å². The zero-order chi connectivity index (χ0) is 24.0. The maximum Gasteiger partial charge on any atom is 0.0463 e. The van der Waals surface area contributed by atoms with Crippen LogP contribution in [0.1, 0.15) is 75.8 Å². The van der Waals surface area contributed by atoms with Crippen LogP contribution in [-0.2, 0) is 24.7 Å². The lowest BCUT2D eigenvalue weighted by Crippen LogP contribution is -2.27. The van der Waals surface area contributed by atoms with Crippen LogP contribution in [-0.4, -0.2) is 0 Å². The molecule has 35 heavy (non-hydrogen) atoms. The van der Waals surface area contributed by atoms with Crippen molar-refractivity contribution in [2.24, 2.45) is 0 Å². The summed E-state index contributed by atoms with van der Waals surface area (Å²) in [6, 6.07) is 30.8. The van der Waals surface area contributed by atoms with E-state index in [0.29, 0.717) is 0 Å². The molecule has 0 heteroatoms. The van der Waals surface area contributed by atoms with E-state index in [1.165, 1.54) is 88.6 Å². The van der Waals surface area contributed by atoms with Crippen LogP contribution in [0.3, 0.4) is 0 Å². The van der Waals surface area contributed by atoms with Crippen molar-refractivity contribution in [3.8, 4) is 11.1 Å². The highest BCUT2D eigenvalue weighted by Gasteiger charge is 2.44. The highest BCUT2D eigenvalue weighted by atomic mass is 14.5. The number of hydrogen-bond donors (Lipinski definition) is 0. The van der Waals surface area contributed by atoms with Gasteiger partial charge in [-0.05, 0) is 97.4 Å². The predicted octanol–water partition coefficient (Wildman–Crippen LogP) is 8.83. The molecule has 0 atom stereocenters. The molecule has 0 saturated carbocycles. The van der Waals surface area contributed by atoms with Crippen molar-refractivity contribution < 1.29 is 0 Å². The number of hydrogen-bond acceptors (Lipinski definition) is 0. The van der Waals surface area contributed by atoms with E-state index in [2.05, 4.69) is 99.6 Å². The van der Waals surface area contributed by atoms with E-state index in [1.54, 1.807) is 11.1 Å². The minimum Gasteiger partial charge on any atom is -0.0590 e. The van der Waals surface area contributed by atoms with Gasteiger partial charge in [-0.3, -0.25) is 0 Å². The van der Waals surface area contributed by atoms with Crippen LogP contribution in [0.5, 0.6) is 0 Å². The maximum atomic E-state index is 2.46. The molecule has 176 valence electrons. The Bertz CT molecular complexity index is 1330. The molecule has 0 fully saturated rings. The van der Waals surface area contributed by atoms with Gasteiger partial charge in [-0.15, -0.1) is 0 Å². The van der Waals surface area contributed by atoms with Crippen LogP contribution in [0.25, 0.3) is 11.1 Å². The van der Waals surface area contributed by atoms with Gasteiger partial charge in [0, 0.05) is 5.41 Å². The highest BCUT2D eigenvalue weighted by molar-refractivity contribution is 5.84. The molecule has 4 aromatic rings. The average Bonchev–Trinajstić information content (AvgIpc) is 3.10. The van der Waals surface area contributed by atoms with Crippen molar-refractivity contribution in [2.45, 2.75) is 71.1 Å². The van der Waals surface area contributed by atoms with Crippen molar-refractivity contribution in [2.75, 3.05) is 0 Å². The normalized spacial score (nSPS) is 14.7. The average molecular weight is 457 g/mol. The maximum absolute atomic E-state index is 2.46. The zero-order valence-electron chi connectivity index (χ0n) is 21.5. The predicted molar refractivity (Wildman–Crippen MR) is 148 cm³/mol. The van der Waals surface area contributed by atoms with E-state index in [-0.39, 0.29) is 5.41 Å². The molecule has 0 aliphatic heterocycles. The smallest absolute Gasteiger partial charge is 0.0463 e. The first kappa shape index (κ1) is 22.4. The third-order valence-corrected chi connectivity index (χ3v) is 8.56. The largest absolute Gasteiger partial charge is 0.0590 e. The Morgan fingerprint density at radius 2 is 1.20 bits per heavy atom. The molecule has 0 spiro atoms. The van der Waals surface area contributed by atoms with Gasteiger partial charge in [-0.1, -0.05) is 108 Å². The second-order valence-corrected chi connectivity index (χ2v) is 11.0. The second kappa shape index (κ2) is 8.83. The van der Waals surface area contributed by atoms with Crippen molar-refractivity contribution in [1.82, 2.24) is 0 Å². The molecule has 4 aromatic carbocycles. The summed E-state index contributed by atoms with van der Waals surface area (Å²) < 4.78 is 0. The third kappa shape index (κ3) is 3.84. The Morgan fingerprint density at radius 3 is 1.80 bits per heavy atom. The molecule has 0 unspecified atom stereocenters. The van der Waals surface area contributed by atoms with Crippen LogP contribution >= 0.6 is 0 Å². The Hall–Kier alpha value is -3.12. The lowest BCUT2D eigenvalue weighted by Gasteiger charge is -2.34. The number of rotatable bonds is 7. The van der Waals surface area contributed by atoms with E-state index in [4.69, 9.17) is 0 Å². The molecule has 0 bridgehead atoms. The second-order valence-electron chi connectivity index (χ2n) is 11.0. The van der Waals surface area contributed by atoms with Gasteiger partial charge < -0.3 is 0 Å². The van der Waals surface area contributed by atoms with Crippen LogP contribution in [0.2, 0.25) is 0 Å². The van der Waals surface area contributed by atoms with E-state index in [1.807, 2.05) is 0 Å². The van der Waals surface area contributed by atoms with E-state index >= 15 is 0 Å². The van der Waals surface area contributed by atoms with Gasteiger partial charge in [0.25, 0.3) is 0 Å². The van der Waals surface area contributed by atoms with Crippen molar-refractivity contribution >= 4 is 0 Å². The fourth-order valence-electron chi connectivity index (χ4n) is 6.50. The Morgan fingerprint density at radius 1 is 0.571 bits per heavy atom. The molecule has 0 nitrogen and oxygen atoms in total. The monoisotopic (exact) mass is 456 g/mol. The Kier molecular flexibility index (Phi) is 5.64. The lowest BCUT2D eigenvalue weighted by molar-refractivity contribution is 0.517. The van der Waals surface area contributed by atoms with Crippen LogP contribution in [0.4, 0.5) is 0 Å². The number of unbranched alkanes of at least 4 members (excludes halogenated alkanes) is 2. The first-order valence-corrected chi connectivity index (χ1v) is 13.4. The molecule has 0 amide bonds. The van der Waals surface area contributed by atoms with Crippen molar-refractivity contribution in [1.29, 1.82) is 0 Å². The molecule has 0 aromatic heterocycles. The minimum atomic E-state index is -0.0634. The lowest BCUT2D eigenvalue weighted by atomic mass is 9.68. The zero-order valence-corrected chi connectivity index (χ0v) is 21.5. The topological polar surface area (TPSA) is 0 Å². The fraction of sp³-hybridized carbons (Fsp3) is 0.314. The molecule has 0 heterocycles. The summed E-state index contributed by atoms with van der Waals surface area (Å²) in [5, 5.41) is 0.